The Labute approximate surface area is 116 Å². The highest BCUT2D eigenvalue weighted by atomic mass is 16.6. The maximum atomic E-state index is 11.9. The van der Waals surface area contributed by atoms with Crippen LogP contribution in [0, 0.1) is 17.0 Å². The van der Waals surface area contributed by atoms with Crippen LogP contribution in [0.2, 0.25) is 0 Å². The molecule has 0 radical (unpaired) electrons. The lowest BCUT2D eigenvalue weighted by Crippen LogP contribution is -2.44. The summed E-state index contributed by atoms with van der Waals surface area (Å²) < 4.78 is 1.36. The fourth-order valence-electron chi connectivity index (χ4n) is 2.34. The van der Waals surface area contributed by atoms with Crippen LogP contribution >= 0.6 is 0 Å². The van der Waals surface area contributed by atoms with Gasteiger partial charge in [-0.15, -0.1) is 0 Å². The SMILES string of the molecule is Cc1c([N+](=O)[O-])cnn1CC(=O)NC1CCN(C)CC1. The molecule has 2 heterocycles. The van der Waals surface area contributed by atoms with E-state index in [1.165, 1.54) is 10.9 Å². The van der Waals surface area contributed by atoms with Crippen LogP contribution in [0.1, 0.15) is 18.5 Å². The summed E-state index contributed by atoms with van der Waals surface area (Å²) >= 11 is 0. The molecule has 1 amide bonds. The van der Waals surface area contributed by atoms with Gasteiger partial charge >= 0.3 is 5.69 Å². The first-order valence-electron chi connectivity index (χ1n) is 6.62. The predicted molar refractivity (Wildman–Crippen MR) is 72.3 cm³/mol. The second kappa shape index (κ2) is 6.00. The maximum absolute atomic E-state index is 11.9. The van der Waals surface area contributed by atoms with E-state index in [1.54, 1.807) is 6.92 Å². The number of piperidine rings is 1. The molecule has 1 aliphatic rings. The first kappa shape index (κ1) is 14.4. The number of nitrogens with zero attached hydrogens (tertiary/aromatic N) is 4. The number of nitrogens with one attached hydrogen (secondary N) is 1. The normalized spacial score (nSPS) is 17.1. The first-order valence-corrected chi connectivity index (χ1v) is 6.62. The second-order valence-electron chi connectivity index (χ2n) is 5.18. The maximum Gasteiger partial charge on any atom is 0.309 e. The van der Waals surface area contributed by atoms with E-state index in [9.17, 15) is 14.9 Å². The lowest BCUT2D eigenvalue weighted by Gasteiger charge is -2.29. The van der Waals surface area contributed by atoms with Crippen LogP contribution in [0.4, 0.5) is 5.69 Å². The van der Waals surface area contributed by atoms with Crippen molar-refractivity contribution in [3.8, 4) is 0 Å². The van der Waals surface area contributed by atoms with Crippen molar-refractivity contribution >= 4 is 11.6 Å². The molecule has 0 spiro atoms. The summed E-state index contributed by atoms with van der Waals surface area (Å²) in [5, 5.41) is 17.6. The summed E-state index contributed by atoms with van der Waals surface area (Å²) in [7, 11) is 2.06. The molecule has 8 nitrogen and oxygen atoms in total. The number of amides is 1. The zero-order chi connectivity index (χ0) is 14.7. The molecule has 1 saturated heterocycles. The predicted octanol–water partition coefficient (Wildman–Crippen LogP) is 0.310. The van der Waals surface area contributed by atoms with Crippen molar-refractivity contribution in [3.05, 3.63) is 22.0 Å². The van der Waals surface area contributed by atoms with Gasteiger partial charge in [0.25, 0.3) is 0 Å². The van der Waals surface area contributed by atoms with E-state index in [0.29, 0.717) is 5.69 Å². The number of rotatable bonds is 4. The molecule has 2 rings (SSSR count). The van der Waals surface area contributed by atoms with Gasteiger partial charge in [-0.3, -0.25) is 19.6 Å². The van der Waals surface area contributed by atoms with Crippen molar-refractivity contribution < 1.29 is 9.72 Å². The number of carbonyl (C=O) groups excluding carboxylic acids is 1. The molecule has 1 N–H and O–H groups in total. The Morgan fingerprint density at radius 2 is 2.20 bits per heavy atom. The van der Waals surface area contributed by atoms with Crippen molar-refractivity contribution in [2.45, 2.75) is 32.4 Å². The first-order chi connectivity index (χ1) is 9.47. The van der Waals surface area contributed by atoms with Crippen molar-refractivity contribution in [3.63, 3.8) is 0 Å². The summed E-state index contributed by atoms with van der Waals surface area (Å²) in [5.74, 6) is -0.152. The van der Waals surface area contributed by atoms with Gasteiger partial charge in [-0.25, -0.2) is 0 Å². The molecular formula is C12H19N5O3. The molecule has 110 valence electrons. The van der Waals surface area contributed by atoms with Crippen LogP contribution in [-0.2, 0) is 11.3 Å². The Kier molecular flexibility index (Phi) is 4.33. The number of hydrogen-bond acceptors (Lipinski definition) is 5. The molecule has 0 unspecified atom stereocenters. The summed E-state index contributed by atoms with van der Waals surface area (Å²) in [6.07, 6.45) is 3.04. The Balaban J connectivity index is 1.90. The minimum Gasteiger partial charge on any atom is -0.352 e. The van der Waals surface area contributed by atoms with E-state index in [4.69, 9.17) is 0 Å². The number of carbonyl (C=O) groups is 1. The molecule has 20 heavy (non-hydrogen) atoms. The topological polar surface area (TPSA) is 93.3 Å². The molecule has 1 aromatic rings. The average Bonchev–Trinajstić information content (AvgIpc) is 2.74. The van der Waals surface area contributed by atoms with Gasteiger partial charge in [-0.05, 0) is 39.9 Å². The van der Waals surface area contributed by atoms with Gasteiger partial charge in [0.2, 0.25) is 5.91 Å². The highest BCUT2D eigenvalue weighted by molar-refractivity contribution is 5.76. The lowest BCUT2D eigenvalue weighted by atomic mass is 10.1. The van der Waals surface area contributed by atoms with Crippen LogP contribution in [0.5, 0.6) is 0 Å². The molecule has 0 saturated carbocycles. The van der Waals surface area contributed by atoms with Crippen LogP contribution < -0.4 is 5.32 Å². The quantitative estimate of drug-likeness (QED) is 0.633. The number of nitro groups is 1. The largest absolute Gasteiger partial charge is 0.352 e. The van der Waals surface area contributed by atoms with Gasteiger partial charge in [0.15, 0.2) is 0 Å². The van der Waals surface area contributed by atoms with E-state index in [1.807, 2.05) is 0 Å². The molecule has 1 aliphatic heterocycles. The average molecular weight is 281 g/mol. The van der Waals surface area contributed by atoms with Crippen LogP contribution in [-0.4, -0.2) is 51.7 Å². The number of aromatic nitrogens is 2. The molecule has 0 aromatic carbocycles. The number of likely N-dealkylation sites (tertiary alicyclic amines) is 1. The molecule has 0 aliphatic carbocycles. The van der Waals surface area contributed by atoms with Gasteiger partial charge < -0.3 is 10.2 Å². The summed E-state index contributed by atoms with van der Waals surface area (Å²) in [5.41, 5.74) is 0.339. The number of hydrogen-bond donors (Lipinski definition) is 1. The molecular weight excluding hydrogens is 262 g/mol. The zero-order valence-electron chi connectivity index (χ0n) is 11.7. The van der Waals surface area contributed by atoms with Gasteiger partial charge in [-0.1, -0.05) is 0 Å². The van der Waals surface area contributed by atoms with E-state index in [0.717, 1.165) is 25.9 Å². The lowest BCUT2D eigenvalue weighted by molar-refractivity contribution is -0.385. The third kappa shape index (κ3) is 3.32. The molecule has 8 heteroatoms. The van der Waals surface area contributed by atoms with Crippen molar-refractivity contribution in [2.75, 3.05) is 20.1 Å². The van der Waals surface area contributed by atoms with E-state index in [2.05, 4.69) is 22.4 Å². The van der Waals surface area contributed by atoms with E-state index < -0.39 is 4.92 Å². The van der Waals surface area contributed by atoms with E-state index >= 15 is 0 Å². The monoisotopic (exact) mass is 281 g/mol. The molecule has 0 atom stereocenters. The Bertz CT molecular complexity index is 505. The van der Waals surface area contributed by atoms with Crippen LogP contribution in [0.25, 0.3) is 0 Å². The minimum absolute atomic E-state index is 0.0199. The van der Waals surface area contributed by atoms with E-state index in [-0.39, 0.29) is 24.2 Å². The smallest absolute Gasteiger partial charge is 0.309 e. The Morgan fingerprint density at radius 1 is 1.55 bits per heavy atom. The molecule has 0 bridgehead atoms. The Hall–Kier alpha value is -1.96. The highest BCUT2D eigenvalue weighted by Crippen LogP contribution is 2.16. The molecule has 1 aromatic heterocycles. The fourth-order valence-corrected chi connectivity index (χ4v) is 2.34. The molecule has 1 fully saturated rings. The van der Waals surface area contributed by atoms with Gasteiger partial charge in [0.1, 0.15) is 18.4 Å². The second-order valence-corrected chi connectivity index (χ2v) is 5.18. The van der Waals surface area contributed by atoms with Crippen molar-refractivity contribution in [1.29, 1.82) is 0 Å². The zero-order valence-corrected chi connectivity index (χ0v) is 11.7. The third-order valence-corrected chi connectivity index (χ3v) is 3.65. The van der Waals surface area contributed by atoms with Crippen LogP contribution in [0.15, 0.2) is 6.20 Å². The van der Waals surface area contributed by atoms with Crippen molar-refractivity contribution in [1.82, 2.24) is 20.0 Å². The summed E-state index contributed by atoms with van der Waals surface area (Å²) in [6.45, 7) is 3.55. The third-order valence-electron chi connectivity index (χ3n) is 3.65. The fraction of sp³-hybridized carbons (Fsp3) is 0.667. The van der Waals surface area contributed by atoms with Gasteiger partial charge in [0, 0.05) is 6.04 Å². The Morgan fingerprint density at radius 3 is 2.75 bits per heavy atom. The van der Waals surface area contributed by atoms with Gasteiger partial charge in [-0.2, -0.15) is 5.10 Å². The highest BCUT2D eigenvalue weighted by Gasteiger charge is 2.21. The van der Waals surface area contributed by atoms with Crippen molar-refractivity contribution in [2.24, 2.45) is 0 Å². The minimum atomic E-state index is -0.492. The summed E-state index contributed by atoms with van der Waals surface area (Å²) in [4.78, 5) is 24.4. The standard InChI is InChI=1S/C12H19N5O3/c1-9-11(17(19)20)7-13-16(9)8-12(18)14-10-3-5-15(2)6-4-10/h7,10H,3-6,8H2,1-2H3,(H,14,18). The van der Waals surface area contributed by atoms with Gasteiger partial charge in [0.05, 0.1) is 4.92 Å². The van der Waals surface area contributed by atoms with Crippen LogP contribution in [0.3, 0.4) is 0 Å². The summed E-state index contributed by atoms with van der Waals surface area (Å²) in [6, 6.07) is 0.185.